The molecule has 1 saturated heterocycles. The van der Waals surface area contributed by atoms with E-state index in [9.17, 15) is 9.50 Å². The monoisotopic (exact) mass is 224 g/mol. The largest absolute Gasteiger partial charge is 0.386 e. The quantitative estimate of drug-likeness (QED) is 0.783. The zero-order chi connectivity index (χ0) is 11.9. The fraction of sp³-hybridized carbons (Fsp3) is 0.538. The molecule has 0 aromatic heterocycles. The predicted octanol–water partition coefficient (Wildman–Crippen LogP) is 2.67. The van der Waals surface area contributed by atoms with Gasteiger partial charge in [0.05, 0.1) is 6.10 Å². The van der Waals surface area contributed by atoms with Gasteiger partial charge in [0.1, 0.15) is 18.0 Å². The first-order chi connectivity index (χ1) is 7.39. The van der Waals surface area contributed by atoms with Crippen LogP contribution in [0.4, 0.5) is 4.39 Å². The minimum Gasteiger partial charge on any atom is -0.386 e. The van der Waals surface area contributed by atoms with E-state index in [1.165, 1.54) is 12.1 Å². The van der Waals surface area contributed by atoms with Crippen LogP contribution < -0.4 is 0 Å². The van der Waals surface area contributed by atoms with Crippen molar-refractivity contribution in [1.29, 1.82) is 0 Å². The molecule has 0 amide bonds. The number of rotatable bonds is 2. The molecule has 0 radical (unpaired) electrons. The number of hydrogen-bond acceptors (Lipinski definition) is 2. The fourth-order valence-electron chi connectivity index (χ4n) is 1.91. The molecule has 1 aliphatic rings. The molecule has 0 aliphatic carbocycles. The van der Waals surface area contributed by atoms with Crippen LogP contribution in [0.1, 0.15) is 32.4 Å². The summed E-state index contributed by atoms with van der Waals surface area (Å²) in [5, 5.41) is 10.0. The van der Waals surface area contributed by atoms with E-state index >= 15 is 0 Å². The number of epoxide rings is 1. The van der Waals surface area contributed by atoms with Crippen LogP contribution in [-0.4, -0.2) is 17.3 Å². The van der Waals surface area contributed by atoms with E-state index in [1.54, 1.807) is 12.1 Å². The summed E-state index contributed by atoms with van der Waals surface area (Å²) in [6.45, 7) is 6.24. The van der Waals surface area contributed by atoms with Crippen LogP contribution in [-0.2, 0) is 4.74 Å². The summed E-state index contributed by atoms with van der Waals surface area (Å²) < 4.78 is 18.2. The van der Waals surface area contributed by atoms with Gasteiger partial charge in [-0.3, -0.25) is 0 Å². The van der Waals surface area contributed by atoms with Gasteiger partial charge >= 0.3 is 0 Å². The fourth-order valence-corrected chi connectivity index (χ4v) is 1.91. The first-order valence-electron chi connectivity index (χ1n) is 5.48. The van der Waals surface area contributed by atoms with Gasteiger partial charge in [0, 0.05) is 0 Å². The molecule has 1 aromatic rings. The molecular weight excluding hydrogens is 207 g/mol. The lowest BCUT2D eigenvalue weighted by Gasteiger charge is -2.16. The maximum absolute atomic E-state index is 12.7. The second kappa shape index (κ2) is 3.82. The van der Waals surface area contributed by atoms with Crippen molar-refractivity contribution in [2.75, 3.05) is 0 Å². The summed E-state index contributed by atoms with van der Waals surface area (Å²) in [4.78, 5) is 0. The topological polar surface area (TPSA) is 32.8 Å². The lowest BCUT2D eigenvalue weighted by Crippen LogP contribution is -2.19. The van der Waals surface area contributed by atoms with Gasteiger partial charge in [-0.1, -0.05) is 32.9 Å². The molecule has 0 spiro atoms. The molecule has 0 saturated carbocycles. The second-order valence-corrected chi connectivity index (χ2v) is 5.38. The van der Waals surface area contributed by atoms with Crippen molar-refractivity contribution in [2.45, 2.75) is 39.1 Å². The Kier molecular flexibility index (Phi) is 2.76. The van der Waals surface area contributed by atoms with Crippen molar-refractivity contribution in [2.24, 2.45) is 5.41 Å². The molecule has 1 fully saturated rings. The molecule has 1 heterocycles. The molecule has 3 atom stereocenters. The van der Waals surface area contributed by atoms with Gasteiger partial charge in [0.25, 0.3) is 0 Å². The van der Waals surface area contributed by atoms with Crippen molar-refractivity contribution in [3.8, 4) is 0 Å². The van der Waals surface area contributed by atoms with Crippen LogP contribution >= 0.6 is 0 Å². The molecular formula is C13H17FO2. The highest BCUT2D eigenvalue weighted by molar-refractivity contribution is 5.21. The average molecular weight is 224 g/mol. The number of ether oxygens (including phenoxy) is 1. The minimum atomic E-state index is -0.662. The Labute approximate surface area is 95.1 Å². The van der Waals surface area contributed by atoms with E-state index in [4.69, 9.17) is 4.74 Å². The minimum absolute atomic E-state index is 0.0334. The van der Waals surface area contributed by atoms with Crippen molar-refractivity contribution >= 4 is 0 Å². The van der Waals surface area contributed by atoms with Gasteiger partial charge in [-0.15, -0.1) is 0 Å². The molecule has 3 heteroatoms. The highest BCUT2D eigenvalue weighted by atomic mass is 19.1. The molecule has 16 heavy (non-hydrogen) atoms. The molecule has 1 N–H and O–H groups in total. The van der Waals surface area contributed by atoms with Gasteiger partial charge in [-0.05, 0) is 23.1 Å². The average Bonchev–Trinajstić information content (AvgIpc) is 2.96. The van der Waals surface area contributed by atoms with E-state index in [0.29, 0.717) is 5.56 Å². The number of benzene rings is 1. The first-order valence-corrected chi connectivity index (χ1v) is 5.48. The van der Waals surface area contributed by atoms with Gasteiger partial charge in [0.2, 0.25) is 0 Å². The van der Waals surface area contributed by atoms with Gasteiger partial charge in [-0.2, -0.15) is 0 Å². The Morgan fingerprint density at radius 1 is 1.25 bits per heavy atom. The lowest BCUT2D eigenvalue weighted by atomic mass is 9.88. The van der Waals surface area contributed by atoms with E-state index in [-0.39, 0.29) is 23.4 Å². The lowest BCUT2D eigenvalue weighted by molar-refractivity contribution is 0.136. The summed E-state index contributed by atoms with van der Waals surface area (Å²) in [5.41, 5.74) is 0.740. The van der Waals surface area contributed by atoms with Crippen LogP contribution in [0.15, 0.2) is 24.3 Å². The molecule has 88 valence electrons. The number of aliphatic hydroxyl groups excluding tert-OH is 1. The van der Waals surface area contributed by atoms with Gasteiger partial charge in [0.15, 0.2) is 0 Å². The van der Waals surface area contributed by atoms with Gasteiger partial charge < -0.3 is 9.84 Å². The molecule has 1 aliphatic heterocycles. The standard InChI is InChI=1S/C13H17FO2/c1-13(2,3)12-11(16-12)10(15)8-4-6-9(14)7-5-8/h4-7,10-12,15H,1-3H3/t10-,11-,12+/m1/s1. The first kappa shape index (κ1) is 11.6. The third-order valence-electron chi connectivity index (χ3n) is 2.90. The summed E-state index contributed by atoms with van der Waals surface area (Å²) in [6, 6.07) is 5.91. The Hall–Kier alpha value is -0.930. The molecule has 0 bridgehead atoms. The zero-order valence-electron chi connectivity index (χ0n) is 9.77. The number of aliphatic hydroxyl groups is 1. The zero-order valence-corrected chi connectivity index (χ0v) is 9.77. The van der Waals surface area contributed by atoms with E-state index in [1.807, 2.05) is 0 Å². The Morgan fingerprint density at radius 3 is 2.25 bits per heavy atom. The molecule has 2 rings (SSSR count). The maximum atomic E-state index is 12.7. The Bertz CT molecular complexity index is 367. The molecule has 1 aromatic carbocycles. The van der Waals surface area contributed by atoms with E-state index in [0.717, 1.165) is 0 Å². The van der Waals surface area contributed by atoms with Crippen molar-refractivity contribution in [1.82, 2.24) is 0 Å². The number of hydrogen-bond donors (Lipinski definition) is 1. The van der Waals surface area contributed by atoms with Crippen LogP contribution in [0.3, 0.4) is 0 Å². The summed E-state index contributed by atoms with van der Waals surface area (Å²) >= 11 is 0. The SMILES string of the molecule is CC(C)(C)[C@H]1O[C@@H]1[C@H](O)c1ccc(F)cc1. The smallest absolute Gasteiger partial charge is 0.123 e. The van der Waals surface area contributed by atoms with Crippen molar-refractivity contribution in [3.05, 3.63) is 35.6 Å². The Morgan fingerprint density at radius 2 is 1.81 bits per heavy atom. The molecule has 0 unspecified atom stereocenters. The van der Waals surface area contributed by atoms with Crippen LogP contribution in [0.5, 0.6) is 0 Å². The predicted molar refractivity (Wildman–Crippen MR) is 59.5 cm³/mol. The summed E-state index contributed by atoms with van der Waals surface area (Å²) in [6.07, 6.45) is -0.747. The summed E-state index contributed by atoms with van der Waals surface area (Å²) in [7, 11) is 0. The van der Waals surface area contributed by atoms with Crippen LogP contribution in [0.2, 0.25) is 0 Å². The highest BCUT2D eigenvalue weighted by Crippen LogP contribution is 2.44. The second-order valence-electron chi connectivity index (χ2n) is 5.38. The van der Waals surface area contributed by atoms with Crippen molar-refractivity contribution < 1.29 is 14.2 Å². The molecule has 2 nitrogen and oxygen atoms in total. The number of halogens is 1. The highest BCUT2D eigenvalue weighted by Gasteiger charge is 2.51. The van der Waals surface area contributed by atoms with Gasteiger partial charge in [-0.25, -0.2) is 4.39 Å². The third kappa shape index (κ3) is 2.25. The van der Waals surface area contributed by atoms with Crippen molar-refractivity contribution in [3.63, 3.8) is 0 Å². The van der Waals surface area contributed by atoms with Crippen LogP contribution in [0.25, 0.3) is 0 Å². The Balaban J connectivity index is 2.05. The maximum Gasteiger partial charge on any atom is 0.123 e. The van der Waals surface area contributed by atoms with Crippen LogP contribution in [0, 0.1) is 11.2 Å². The van der Waals surface area contributed by atoms with E-state index < -0.39 is 6.10 Å². The summed E-state index contributed by atoms with van der Waals surface area (Å²) in [5.74, 6) is -0.292. The van der Waals surface area contributed by atoms with E-state index in [2.05, 4.69) is 20.8 Å². The third-order valence-corrected chi connectivity index (χ3v) is 2.90. The normalized spacial score (nSPS) is 26.6.